The highest BCUT2D eigenvalue weighted by Crippen LogP contribution is 2.31. The molecule has 1 aromatic carbocycles. The average molecular weight is 575 g/mol. The molecule has 4 aromatic rings. The first-order chi connectivity index (χ1) is 18.9. The lowest BCUT2D eigenvalue weighted by molar-refractivity contribution is -0.137. The number of β-amino-alcohol motifs (C(OH)–C–C–N with tert-alkyl or cyclic N) is 1. The minimum Gasteiger partial charge on any atom is -0.420 e. The number of piperidine rings is 1. The number of benzene rings is 1. The molecule has 2 atom stereocenters. The smallest absolute Gasteiger partial charge is 0.417 e. The number of sulfonamides is 1. The monoisotopic (exact) mass is 574 g/mol. The number of halogens is 3. The van der Waals surface area contributed by atoms with Gasteiger partial charge < -0.3 is 14.8 Å². The van der Waals surface area contributed by atoms with Gasteiger partial charge in [-0.25, -0.2) is 13.4 Å². The van der Waals surface area contributed by atoms with E-state index in [2.05, 4.69) is 25.5 Å². The van der Waals surface area contributed by atoms with Crippen LogP contribution in [-0.2, 0) is 16.2 Å². The lowest BCUT2D eigenvalue weighted by atomic mass is 10.0. The number of rotatable bonds is 6. The van der Waals surface area contributed by atoms with Crippen molar-refractivity contribution in [2.75, 3.05) is 18.4 Å². The van der Waals surface area contributed by atoms with E-state index in [1.165, 1.54) is 22.5 Å². The first kappa shape index (κ1) is 27.7. The quantitative estimate of drug-likeness (QED) is 0.350. The maximum absolute atomic E-state index is 13.3. The molecular weight excluding hydrogens is 549 g/mol. The molecule has 1 fully saturated rings. The zero-order chi connectivity index (χ0) is 28.7. The number of aryl methyl sites for hydroxylation is 2. The Bertz CT molecular complexity index is 1610. The number of aromatic nitrogens is 4. The van der Waals surface area contributed by atoms with Gasteiger partial charge in [0.05, 0.1) is 22.6 Å². The summed E-state index contributed by atoms with van der Waals surface area (Å²) in [5.41, 5.74) is 2.07. The summed E-state index contributed by atoms with van der Waals surface area (Å²) < 4.78 is 71.6. The van der Waals surface area contributed by atoms with E-state index < -0.39 is 33.9 Å². The van der Waals surface area contributed by atoms with Crippen molar-refractivity contribution in [1.82, 2.24) is 24.5 Å². The van der Waals surface area contributed by atoms with Crippen LogP contribution in [0.25, 0.3) is 22.7 Å². The van der Waals surface area contributed by atoms with Crippen molar-refractivity contribution < 1.29 is 31.1 Å². The van der Waals surface area contributed by atoms with E-state index in [0.29, 0.717) is 17.8 Å². The normalized spacial score (nSPS) is 18.6. The van der Waals surface area contributed by atoms with Gasteiger partial charge in [-0.3, -0.25) is 4.98 Å². The third kappa shape index (κ3) is 5.69. The molecule has 0 spiro atoms. The van der Waals surface area contributed by atoms with E-state index in [0.717, 1.165) is 22.8 Å². The number of nitrogens with zero attached hydrogens (tertiary/aromatic N) is 5. The van der Waals surface area contributed by atoms with Gasteiger partial charge in [-0.15, -0.1) is 10.2 Å². The van der Waals surface area contributed by atoms with Crippen molar-refractivity contribution in [2.45, 2.75) is 43.5 Å². The Labute approximate surface area is 228 Å². The van der Waals surface area contributed by atoms with Crippen LogP contribution in [0, 0.1) is 13.8 Å². The van der Waals surface area contributed by atoms with Crippen molar-refractivity contribution in [3.8, 4) is 22.7 Å². The Balaban J connectivity index is 1.27. The number of hydrogen-bond acceptors (Lipinski definition) is 9. The van der Waals surface area contributed by atoms with Gasteiger partial charge in [0.15, 0.2) is 0 Å². The molecule has 0 saturated carbocycles. The maximum Gasteiger partial charge on any atom is 0.417 e. The van der Waals surface area contributed by atoms with E-state index in [1.54, 1.807) is 31.3 Å². The molecule has 1 aliphatic rings. The molecular formula is C26H25F3N6O4S. The van der Waals surface area contributed by atoms with Gasteiger partial charge in [0.2, 0.25) is 15.9 Å². The summed E-state index contributed by atoms with van der Waals surface area (Å²) in [6.07, 6.45) is -2.99. The van der Waals surface area contributed by atoms with Gasteiger partial charge >= 0.3 is 6.18 Å². The molecule has 1 aliphatic heterocycles. The van der Waals surface area contributed by atoms with Crippen molar-refractivity contribution in [3.05, 3.63) is 71.9 Å². The number of aliphatic hydroxyl groups is 1. The summed E-state index contributed by atoms with van der Waals surface area (Å²) in [5.74, 6) is 0.853. The van der Waals surface area contributed by atoms with E-state index in [1.807, 2.05) is 6.92 Å². The van der Waals surface area contributed by atoms with Crippen molar-refractivity contribution in [1.29, 1.82) is 0 Å². The Morgan fingerprint density at radius 3 is 2.40 bits per heavy atom. The van der Waals surface area contributed by atoms with Crippen molar-refractivity contribution in [2.24, 2.45) is 0 Å². The lowest BCUT2D eigenvalue weighted by Gasteiger charge is -2.35. The van der Waals surface area contributed by atoms with Crippen LogP contribution in [0.15, 0.2) is 64.2 Å². The molecule has 4 heterocycles. The molecule has 10 nitrogen and oxygen atoms in total. The fraction of sp³-hybridized carbons (Fsp3) is 0.308. The number of hydrogen-bond donors (Lipinski definition) is 2. The third-order valence-electron chi connectivity index (χ3n) is 6.62. The molecule has 0 radical (unpaired) electrons. The molecule has 3 aromatic heterocycles. The van der Waals surface area contributed by atoms with Gasteiger partial charge in [0.1, 0.15) is 11.5 Å². The minimum absolute atomic E-state index is 0.0683. The van der Waals surface area contributed by atoms with E-state index in [4.69, 9.17) is 4.42 Å². The van der Waals surface area contributed by atoms with Crippen LogP contribution in [-0.4, -0.2) is 63.2 Å². The summed E-state index contributed by atoms with van der Waals surface area (Å²) >= 11 is 0. The Morgan fingerprint density at radius 1 is 1.05 bits per heavy atom. The Hall–Kier alpha value is -3.88. The Kier molecular flexibility index (Phi) is 7.33. The highest BCUT2D eigenvalue weighted by Gasteiger charge is 2.35. The van der Waals surface area contributed by atoms with Crippen LogP contribution in [0.3, 0.4) is 0 Å². The standard InChI is InChI=1S/C26H25F3N6O4S/c1-15-12-30-22(25-34-33-16(2)39-25)11-20(15)17-3-6-19(7-4-17)40(37,38)35-10-9-21(23(36)14-35)32-24-8-5-18(13-31-24)26(27,28)29/h3-8,11-13,21,23,36H,9-10,14H2,1-2H3,(H,31,32)/t21-,23+/m1/s1. The average Bonchev–Trinajstić information content (AvgIpc) is 3.36. The summed E-state index contributed by atoms with van der Waals surface area (Å²) in [7, 11) is -3.91. The predicted molar refractivity (Wildman–Crippen MR) is 138 cm³/mol. The second kappa shape index (κ2) is 10.6. The fourth-order valence-corrected chi connectivity index (χ4v) is 5.91. The van der Waals surface area contributed by atoms with Crippen LogP contribution in [0.2, 0.25) is 0 Å². The number of alkyl halides is 3. The van der Waals surface area contributed by atoms with Crippen molar-refractivity contribution in [3.63, 3.8) is 0 Å². The molecule has 0 unspecified atom stereocenters. The van der Waals surface area contributed by atoms with Crippen LogP contribution < -0.4 is 5.32 Å². The zero-order valence-electron chi connectivity index (χ0n) is 21.4. The lowest BCUT2D eigenvalue weighted by Crippen LogP contribution is -2.51. The zero-order valence-corrected chi connectivity index (χ0v) is 22.2. The summed E-state index contributed by atoms with van der Waals surface area (Å²) in [6, 6.07) is 9.68. The van der Waals surface area contributed by atoms with Gasteiger partial charge in [0, 0.05) is 32.4 Å². The van der Waals surface area contributed by atoms with Crippen LogP contribution in [0.1, 0.15) is 23.4 Å². The molecule has 1 saturated heterocycles. The Morgan fingerprint density at radius 2 is 1.80 bits per heavy atom. The van der Waals surface area contributed by atoms with Gasteiger partial charge in [-0.1, -0.05) is 12.1 Å². The highest BCUT2D eigenvalue weighted by molar-refractivity contribution is 7.89. The minimum atomic E-state index is -4.50. The second-order valence-corrected chi connectivity index (χ2v) is 11.4. The molecule has 0 bridgehead atoms. The molecule has 40 heavy (non-hydrogen) atoms. The van der Waals surface area contributed by atoms with Gasteiger partial charge in [-0.05, 0) is 60.4 Å². The summed E-state index contributed by atoms with van der Waals surface area (Å²) in [5, 5.41) is 21.4. The molecule has 0 amide bonds. The molecule has 14 heteroatoms. The first-order valence-corrected chi connectivity index (χ1v) is 13.7. The second-order valence-electron chi connectivity index (χ2n) is 9.43. The van der Waals surface area contributed by atoms with E-state index >= 15 is 0 Å². The summed E-state index contributed by atoms with van der Waals surface area (Å²) in [6.45, 7) is 3.49. The van der Waals surface area contributed by atoms with Gasteiger partial charge in [-0.2, -0.15) is 17.5 Å². The van der Waals surface area contributed by atoms with Gasteiger partial charge in [0.25, 0.3) is 5.89 Å². The highest BCUT2D eigenvalue weighted by atomic mass is 32.2. The van der Waals surface area contributed by atoms with Crippen molar-refractivity contribution >= 4 is 15.8 Å². The predicted octanol–water partition coefficient (Wildman–Crippen LogP) is 4.07. The van der Waals surface area contributed by atoms with Crippen LogP contribution in [0.5, 0.6) is 0 Å². The number of nitrogens with one attached hydrogen (secondary N) is 1. The third-order valence-corrected chi connectivity index (χ3v) is 8.50. The number of anilines is 1. The van der Waals surface area contributed by atoms with E-state index in [9.17, 15) is 26.7 Å². The maximum atomic E-state index is 13.3. The number of aliphatic hydroxyl groups excluding tert-OH is 1. The van der Waals surface area contributed by atoms with E-state index in [-0.39, 0.29) is 36.1 Å². The largest absolute Gasteiger partial charge is 0.420 e. The summed E-state index contributed by atoms with van der Waals surface area (Å²) in [4.78, 5) is 8.17. The number of pyridine rings is 2. The van der Waals surface area contributed by atoms with Crippen LogP contribution in [0.4, 0.5) is 19.0 Å². The SMILES string of the molecule is Cc1nnc(-c2cc(-c3ccc(S(=O)(=O)N4CC[C@@H](Nc5ccc(C(F)(F)F)cn5)[C@@H](O)C4)cc3)c(C)cn2)o1. The topological polar surface area (TPSA) is 134 Å². The fourth-order valence-electron chi connectivity index (χ4n) is 4.43. The molecule has 0 aliphatic carbocycles. The van der Waals surface area contributed by atoms with Crippen LogP contribution >= 0.6 is 0 Å². The molecule has 210 valence electrons. The molecule has 5 rings (SSSR count). The molecule has 2 N–H and O–H groups in total. The first-order valence-electron chi connectivity index (χ1n) is 12.3.